The number of thiazole rings is 1. The fourth-order valence-corrected chi connectivity index (χ4v) is 6.28. The second kappa shape index (κ2) is 10.1. The van der Waals surface area contributed by atoms with Crippen molar-refractivity contribution in [3.05, 3.63) is 59.5 Å². The van der Waals surface area contributed by atoms with E-state index in [0.717, 1.165) is 21.2 Å². The number of carbonyl (C=O) groups excluding carboxylic acids is 1. The molecule has 1 aromatic heterocycles. The Kier molecular flexibility index (Phi) is 7.27. The molecule has 32 heavy (non-hydrogen) atoms. The predicted octanol–water partition coefficient (Wildman–Crippen LogP) is 3.87. The summed E-state index contributed by atoms with van der Waals surface area (Å²) in [6.45, 7) is 3.25. The van der Waals surface area contributed by atoms with Gasteiger partial charge in [-0.1, -0.05) is 48.2 Å². The van der Waals surface area contributed by atoms with Crippen LogP contribution in [-0.2, 0) is 19.6 Å². The summed E-state index contributed by atoms with van der Waals surface area (Å²) in [6.07, 6.45) is 0. The molecule has 0 atom stereocenters. The molecule has 1 amide bonds. The highest BCUT2D eigenvalue weighted by Crippen LogP contribution is 2.29. The maximum Gasteiger partial charge on any atom is 0.243 e. The third kappa shape index (κ3) is 5.38. The first-order chi connectivity index (χ1) is 15.4. The number of hydrogen-bond donors (Lipinski definition) is 1. The predicted molar refractivity (Wildman–Crippen MR) is 128 cm³/mol. The quantitative estimate of drug-likeness (QED) is 0.507. The summed E-state index contributed by atoms with van der Waals surface area (Å²) < 4.78 is 33.3. The molecule has 1 aliphatic rings. The zero-order valence-corrected chi connectivity index (χ0v) is 19.9. The number of benzene rings is 2. The van der Waals surface area contributed by atoms with E-state index in [0.29, 0.717) is 32.0 Å². The molecule has 1 saturated heterocycles. The summed E-state index contributed by atoms with van der Waals surface area (Å²) in [6, 6.07) is 14.7. The number of aromatic nitrogens is 1. The number of carbonyl (C=O) groups is 1. The summed E-state index contributed by atoms with van der Waals surface area (Å²) in [7, 11) is -3.63. The van der Waals surface area contributed by atoms with Crippen LogP contribution in [0.4, 0.5) is 5.69 Å². The van der Waals surface area contributed by atoms with Crippen LogP contribution >= 0.6 is 23.1 Å². The fraction of sp³-hybridized carbons (Fsp3) is 0.273. The highest BCUT2D eigenvalue weighted by Gasteiger charge is 2.27. The van der Waals surface area contributed by atoms with Crippen LogP contribution in [0.25, 0.3) is 11.3 Å². The van der Waals surface area contributed by atoms with E-state index in [2.05, 4.69) is 10.3 Å². The monoisotopic (exact) mass is 489 g/mol. The van der Waals surface area contributed by atoms with Crippen LogP contribution in [-0.4, -0.2) is 55.7 Å². The largest absolute Gasteiger partial charge is 0.379 e. The van der Waals surface area contributed by atoms with Crippen molar-refractivity contribution in [2.24, 2.45) is 0 Å². The van der Waals surface area contributed by atoms with Crippen LogP contribution in [0.15, 0.2) is 63.1 Å². The van der Waals surface area contributed by atoms with Gasteiger partial charge >= 0.3 is 0 Å². The van der Waals surface area contributed by atoms with Crippen molar-refractivity contribution in [3.63, 3.8) is 0 Å². The first-order valence-corrected chi connectivity index (χ1v) is 13.4. The standard InChI is InChI=1S/C22H23N3O4S3/c1-16-7-8-18(32(27,28)25-9-11-29-12-10-25)13-19(16)23-21(26)15-31-22-24-20(14-30-22)17-5-3-2-4-6-17/h2-8,13-14H,9-12,15H2,1H3,(H,23,26). The molecule has 168 valence electrons. The Balaban J connectivity index is 1.40. The molecule has 3 aromatic rings. The Hall–Kier alpha value is -2.24. The molecule has 0 spiro atoms. The zero-order valence-electron chi connectivity index (χ0n) is 17.5. The van der Waals surface area contributed by atoms with E-state index in [1.807, 2.05) is 42.6 Å². The zero-order chi connectivity index (χ0) is 22.6. The van der Waals surface area contributed by atoms with Crippen molar-refractivity contribution >= 4 is 44.7 Å². The van der Waals surface area contributed by atoms with Crippen molar-refractivity contribution in [1.82, 2.24) is 9.29 Å². The third-order valence-corrected chi connectivity index (χ3v) is 8.89. The molecule has 7 nitrogen and oxygen atoms in total. The maximum atomic E-state index is 12.9. The second-order valence-electron chi connectivity index (χ2n) is 7.19. The Morgan fingerprint density at radius 3 is 2.69 bits per heavy atom. The number of sulfonamides is 1. The first kappa shape index (κ1) is 22.9. The van der Waals surface area contributed by atoms with Crippen molar-refractivity contribution in [2.45, 2.75) is 16.2 Å². The molecule has 1 fully saturated rings. The molecule has 2 aromatic carbocycles. The number of hydrogen-bond acceptors (Lipinski definition) is 7. The topological polar surface area (TPSA) is 88.6 Å². The SMILES string of the molecule is Cc1ccc(S(=O)(=O)N2CCOCC2)cc1NC(=O)CSc1nc(-c2ccccc2)cs1. The van der Waals surface area contributed by atoms with E-state index < -0.39 is 10.0 Å². The summed E-state index contributed by atoms with van der Waals surface area (Å²) in [5.41, 5.74) is 3.21. The maximum absolute atomic E-state index is 12.9. The molecule has 2 heterocycles. The van der Waals surface area contributed by atoms with E-state index in [1.165, 1.54) is 33.5 Å². The van der Waals surface area contributed by atoms with Crippen molar-refractivity contribution in [2.75, 3.05) is 37.4 Å². The third-order valence-electron chi connectivity index (χ3n) is 4.97. The number of nitrogens with one attached hydrogen (secondary N) is 1. The van der Waals surface area contributed by atoms with E-state index in [4.69, 9.17) is 4.74 Å². The highest BCUT2D eigenvalue weighted by atomic mass is 32.2. The molecule has 10 heteroatoms. The molecule has 0 aliphatic carbocycles. The van der Waals surface area contributed by atoms with Crippen molar-refractivity contribution < 1.29 is 17.9 Å². The number of nitrogens with zero attached hydrogens (tertiary/aromatic N) is 2. The molecular formula is C22H23N3O4S3. The van der Waals surface area contributed by atoms with Crippen molar-refractivity contribution in [3.8, 4) is 11.3 Å². The van der Waals surface area contributed by atoms with Gasteiger partial charge in [0.2, 0.25) is 15.9 Å². The van der Waals surface area contributed by atoms with Gasteiger partial charge in [0, 0.05) is 29.7 Å². The normalized spacial score (nSPS) is 14.9. The van der Waals surface area contributed by atoms with Crippen LogP contribution in [0, 0.1) is 6.92 Å². The van der Waals surface area contributed by atoms with E-state index in [-0.39, 0.29) is 16.6 Å². The van der Waals surface area contributed by atoms with E-state index in [1.54, 1.807) is 12.1 Å². The van der Waals surface area contributed by atoms with Gasteiger partial charge in [-0.3, -0.25) is 4.79 Å². The molecule has 0 unspecified atom stereocenters. The summed E-state index contributed by atoms with van der Waals surface area (Å²) in [5, 5.41) is 4.82. The highest BCUT2D eigenvalue weighted by molar-refractivity contribution is 8.01. The number of anilines is 1. The minimum atomic E-state index is -3.63. The second-order valence-corrected chi connectivity index (χ2v) is 11.2. The minimum Gasteiger partial charge on any atom is -0.379 e. The lowest BCUT2D eigenvalue weighted by atomic mass is 10.2. The number of thioether (sulfide) groups is 1. The Morgan fingerprint density at radius 1 is 1.19 bits per heavy atom. The van der Waals surface area contributed by atoms with E-state index in [9.17, 15) is 13.2 Å². The number of ether oxygens (including phenoxy) is 1. The van der Waals surface area contributed by atoms with Gasteiger partial charge in [0.05, 0.1) is 29.6 Å². The van der Waals surface area contributed by atoms with E-state index >= 15 is 0 Å². The lowest BCUT2D eigenvalue weighted by molar-refractivity contribution is -0.113. The van der Waals surface area contributed by atoms with Gasteiger partial charge in [-0.15, -0.1) is 11.3 Å². The summed E-state index contributed by atoms with van der Waals surface area (Å²) >= 11 is 2.85. The summed E-state index contributed by atoms with van der Waals surface area (Å²) in [5.74, 6) is -0.0303. The smallest absolute Gasteiger partial charge is 0.243 e. The number of amides is 1. The average molecular weight is 490 g/mol. The Labute approximate surface area is 195 Å². The Morgan fingerprint density at radius 2 is 1.94 bits per heavy atom. The minimum absolute atomic E-state index is 0.167. The fourth-order valence-electron chi connectivity index (χ4n) is 3.21. The first-order valence-electron chi connectivity index (χ1n) is 10.1. The van der Waals surface area contributed by atoms with Crippen LogP contribution in [0.3, 0.4) is 0 Å². The average Bonchev–Trinajstić information content (AvgIpc) is 3.29. The molecule has 0 radical (unpaired) electrons. The van der Waals surface area contributed by atoms with Gasteiger partial charge in [0.15, 0.2) is 4.34 Å². The molecule has 1 N–H and O–H groups in total. The molecule has 0 bridgehead atoms. The number of aryl methyl sites for hydroxylation is 1. The van der Waals surface area contributed by atoms with Gasteiger partial charge in [0.1, 0.15) is 0 Å². The number of rotatable bonds is 7. The van der Waals surface area contributed by atoms with Crippen LogP contribution in [0.1, 0.15) is 5.56 Å². The van der Waals surface area contributed by atoms with Crippen LogP contribution in [0.5, 0.6) is 0 Å². The molecular weight excluding hydrogens is 466 g/mol. The molecule has 0 saturated carbocycles. The summed E-state index contributed by atoms with van der Waals surface area (Å²) in [4.78, 5) is 17.3. The molecule has 4 rings (SSSR count). The van der Waals surface area contributed by atoms with Gasteiger partial charge in [0.25, 0.3) is 0 Å². The Bertz CT molecular complexity index is 1190. The van der Waals surface area contributed by atoms with Crippen LogP contribution in [0.2, 0.25) is 0 Å². The molecule has 1 aliphatic heterocycles. The van der Waals surface area contributed by atoms with Crippen LogP contribution < -0.4 is 5.32 Å². The van der Waals surface area contributed by atoms with Gasteiger partial charge < -0.3 is 10.1 Å². The lowest BCUT2D eigenvalue weighted by Gasteiger charge is -2.26. The van der Waals surface area contributed by atoms with Gasteiger partial charge in [-0.05, 0) is 24.6 Å². The van der Waals surface area contributed by atoms with Crippen molar-refractivity contribution in [1.29, 1.82) is 0 Å². The van der Waals surface area contributed by atoms with Gasteiger partial charge in [-0.25, -0.2) is 13.4 Å². The van der Waals surface area contributed by atoms with Gasteiger partial charge in [-0.2, -0.15) is 4.31 Å². The lowest BCUT2D eigenvalue weighted by Crippen LogP contribution is -2.40. The number of morpholine rings is 1.